The van der Waals surface area contributed by atoms with Crippen molar-refractivity contribution >= 4 is 41.3 Å². The van der Waals surface area contributed by atoms with E-state index in [9.17, 15) is 9.59 Å². The Labute approximate surface area is 159 Å². The monoisotopic (exact) mass is 371 g/mol. The highest BCUT2D eigenvalue weighted by atomic mass is 35.5. The minimum Gasteiger partial charge on any atom is -0.385 e. The van der Waals surface area contributed by atoms with Gasteiger partial charge in [0, 0.05) is 35.1 Å². The Bertz CT molecular complexity index is 834. The molecule has 0 aromatic heterocycles. The number of hydrogen-bond acceptors (Lipinski definition) is 3. The van der Waals surface area contributed by atoms with Crippen LogP contribution in [-0.2, 0) is 11.2 Å². The lowest BCUT2D eigenvalue weighted by molar-refractivity contribution is -0.117. The van der Waals surface area contributed by atoms with Gasteiger partial charge in [-0.1, -0.05) is 12.1 Å². The first-order valence-electron chi connectivity index (χ1n) is 8.79. The fourth-order valence-corrected chi connectivity index (χ4v) is 3.19. The van der Waals surface area contributed by atoms with Crippen molar-refractivity contribution in [1.82, 2.24) is 0 Å². The quantitative estimate of drug-likeness (QED) is 0.758. The third kappa shape index (κ3) is 3.99. The summed E-state index contributed by atoms with van der Waals surface area (Å²) in [6.45, 7) is 0.945. The fraction of sp³-hybridized carbons (Fsp3) is 0.300. The zero-order valence-corrected chi connectivity index (χ0v) is 15.2. The highest BCUT2D eigenvalue weighted by Gasteiger charge is 2.29. The first-order valence-corrected chi connectivity index (χ1v) is 8.79. The largest absolute Gasteiger partial charge is 0.385 e. The Morgan fingerprint density at radius 1 is 1.00 bits per heavy atom. The maximum atomic E-state index is 12.7. The summed E-state index contributed by atoms with van der Waals surface area (Å²) in [4.78, 5) is 24.6. The number of rotatable bonds is 4. The van der Waals surface area contributed by atoms with Crippen molar-refractivity contribution in [2.45, 2.75) is 25.7 Å². The smallest absolute Gasteiger partial charge is 0.256 e. The summed E-state index contributed by atoms with van der Waals surface area (Å²) in [6, 6.07) is 13.1. The predicted molar refractivity (Wildman–Crippen MR) is 106 cm³/mol. The Hall–Kier alpha value is -2.53. The van der Waals surface area contributed by atoms with E-state index in [4.69, 9.17) is 0 Å². The van der Waals surface area contributed by atoms with Crippen LogP contribution in [0.4, 0.5) is 17.1 Å². The van der Waals surface area contributed by atoms with Gasteiger partial charge in [0.2, 0.25) is 5.91 Å². The van der Waals surface area contributed by atoms with E-state index in [-0.39, 0.29) is 30.1 Å². The van der Waals surface area contributed by atoms with Crippen molar-refractivity contribution in [3.05, 3.63) is 53.6 Å². The normalized spacial score (nSPS) is 15.1. The summed E-state index contributed by atoms with van der Waals surface area (Å²) in [5.41, 5.74) is 4.22. The second-order valence-corrected chi connectivity index (χ2v) is 6.66. The van der Waals surface area contributed by atoms with Crippen molar-refractivity contribution in [3.8, 4) is 0 Å². The molecule has 0 spiro atoms. The number of hydrogen-bond donors (Lipinski definition) is 3. The molecule has 2 aromatic rings. The van der Waals surface area contributed by atoms with Crippen LogP contribution in [0.3, 0.4) is 0 Å². The maximum Gasteiger partial charge on any atom is 0.256 e. The van der Waals surface area contributed by atoms with Crippen LogP contribution in [0.15, 0.2) is 42.5 Å². The van der Waals surface area contributed by atoms with Gasteiger partial charge in [-0.15, -0.1) is 12.4 Å². The molecule has 3 N–H and O–H groups in total. The Balaban J connectivity index is 0.00000196. The summed E-state index contributed by atoms with van der Waals surface area (Å²) in [5, 5.41) is 9.20. The van der Waals surface area contributed by atoms with E-state index < -0.39 is 0 Å². The Morgan fingerprint density at radius 3 is 2.50 bits per heavy atom. The van der Waals surface area contributed by atoms with Crippen LogP contribution in [0, 0.1) is 5.92 Å². The van der Waals surface area contributed by atoms with Crippen LogP contribution in [0.1, 0.15) is 35.2 Å². The molecule has 0 unspecified atom stereocenters. The number of fused-ring (bicyclic) bond motifs is 1. The van der Waals surface area contributed by atoms with Crippen LogP contribution in [0.25, 0.3) is 0 Å². The van der Waals surface area contributed by atoms with Gasteiger partial charge in [0.25, 0.3) is 5.91 Å². The molecule has 0 radical (unpaired) electrons. The van der Waals surface area contributed by atoms with Crippen LogP contribution in [0.2, 0.25) is 0 Å². The molecule has 5 nitrogen and oxygen atoms in total. The number of carbonyl (C=O) groups is 2. The van der Waals surface area contributed by atoms with Gasteiger partial charge in [-0.05, 0) is 61.6 Å². The fourth-order valence-electron chi connectivity index (χ4n) is 3.19. The summed E-state index contributed by atoms with van der Waals surface area (Å²) in [6.07, 6.45) is 3.87. The molecule has 26 heavy (non-hydrogen) atoms. The molecule has 136 valence electrons. The zero-order chi connectivity index (χ0) is 17.2. The van der Waals surface area contributed by atoms with Crippen LogP contribution >= 0.6 is 12.4 Å². The van der Waals surface area contributed by atoms with Gasteiger partial charge < -0.3 is 16.0 Å². The number of amides is 2. The molecule has 6 heteroatoms. The average Bonchev–Trinajstić information content (AvgIpc) is 3.47. The van der Waals surface area contributed by atoms with Gasteiger partial charge in [-0.25, -0.2) is 0 Å². The topological polar surface area (TPSA) is 70.2 Å². The standard InChI is InChI=1S/C20H21N3O2.ClH/c24-19(13-9-10-13)22-14-4-1-5-15(12-14)23-20(25)17-6-2-8-18-16(17)7-3-11-21-18;/h1-2,4-6,8,12-13,21H,3,7,9-11H2,(H,22,24)(H,23,25);1H. The highest BCUT2D eigenvalue weighted by Crippen LogP contribution is 2.30. The number of halogens is 1. The molecule has 1 aliphatic carbocycles. The van der Waals surface area contributed by atoms with Gasteiger partial charge in [0.15, 0.2) is 0 Å². The first kappa shape index (κ1) is 18.3. The second-order valence-electron chi connectivity index (χ2n) is 6.66. The van der Waals surface area contributed by atoms with Crippen LogP contribution < -0.4 is 16.0 Å². The molecule has 1 fully saturated rings. The predicted octanol–water partition coefficient (Wildman–Crippen LogP) is 4.07. The lowest BCUT2D eigenvalue weighted by Crippen LogP contribution is -2.19. The van der Waals surface area contributed by atoms with Crippen molar-refractivity contribution in [2.24, 2.45) is 5.92 Å². The van der Waals surface area contributed by atoms with Gasteiger partial charge in [0.1, 0.15) is 0 Å². The van der Waals surface area contributed by atoms with E-state index in [1.54, 1.807) is 6.07 Å². The molecular formula is C20H22ClN3O2. The molecule has 2 aromatic carbocycles. The third-order valence-corrected chi connectivity index (χ3v) is 4.68. The lowest BCUT2D eigenvalue weighted by atomic mass is 9.97. The number of anilines is 3. The van der Waals surface area contributed by atoms with Crippen molar-refractivity contribution < 1.29 is 9.59 Å². The minimum atomic E-state index is -0.119. The van der Waals surface area contributed by atoms with Crippen molar-refractivity contribution in [1.29, 1.82) is 0 Å². The van der Waals surface area contributed by atoms with Gasteiger partial charge in [0.05, 0.1) is 0 Å². The zero-order valence-electron chi connectivity index (χ0n) is 14.4. The third-order valence-electron chi connectivity index (χ3n) is 4.68. The highest BCUT2D eigenvalue weighted by molar-refractivity contribution is 6.06. The molecule has 0 bridgehead atoms. The molecule has 1 heterocycles. The van der Waals surface area contributed by atoms with E-state index in [1.807, 2.05) is 36.4 Å². The van der Waals surface area contributed by atoms with E-state index in [2.05, 4.69) is 16.0 Å². The van der Waals surface area contributed by atoms with E-state index in [0.29, 0.717) is 16.9 Å². The van der Waals surface area contributed by atoms with Gasteiger partial charge in [-0.3, -0.25) is 9.59 Å². The summed E-state index contributed by atoms with van der Waals surface area (Å²) >= 11 is 0. The summed E-state index contributed by atoms with van der Waals surface area (Å²) in [5.74, 6) is 0.0967. The van der Waals surface area contributed by atoms with E-state index >= 15 is 0 Å². The van der Waals surface area contributed by atoms with E-state index in [1.165, 1.54) is 0 Å². The molecule has 0 saturated heterocycles. The molecular weight excluding hydrogens is 350 g/mol. The van der Waals surface area contributed by atoms with Crippen LogP contribution in [0.5, 0.6) is 0 Å². The molecule has 1 aliphatic heterocycles. The maximum absolute atomic E-state index is 12.7. The average molecular weight is 372 g/mol. The lowest BCUT2D eigenvalue weighted by Gasteiger charge is -2.20. The molecule has 2 aliphatic rings. The molecule has 4 rings (SSSR count). The number of benzene rings is 2. The summed E-state index contributed by atoms with van der Waals surface area (Å²) < 4.78 is 0. The molecule has 0 atom stereocenters. The second kappa shape index (κ2) is 7.79. The summed E-state index contributed by atoms with van der Waals surface area (Å²) in [7, 11) is 0. The van der Waals surface area contributed by atoms with E-state index in [0.717, 1.165) is 43.5 Å². The number of nitrogens with one attached hydrogen (secondary N) is 3. The number of carbonyl (C=O) groups excluding carboxylic acids is 2. The van der Waals surface area contributed by atoms with Crippen molar-refractivity contribution in [2.75, 3.05) is 22.5 Å². The molecule has 2 amide bonds. The Kier molecular flexibility index (Phi) is 5.47. The SMILES string of the molecule is Cl.O=C(Nc1cccc(NC(=O)C2CC2)c1)c1cccc2c1CCCN2. The Morgan fingerprint density at radius 2 is 1.73 bits per heavy atom. The van der Waals surface area contributed by atoms with Crippen molar-refractivity contribution in [3.63, 3.8) is 0 Å². The van der Waals surface area contributed by atoms with Crippen LogP contribution in [-0.4, -0.2) is 18.4 Å². The minimum absolute atomic E-state index is 0. The first-order chi connectivity index (χ1) is 12.2. The van der Waals surface area contributed by atoms with Gasteiger partial charge >= 0.3 is 0 Å². The van der Waals surface area contributed by atoms with Gasteiger partial charge in [-0.2, -0.15) is 0 Å². The molecule has 1 saturated carbocycles.